The molecule has 0 aliphatic heterocycles. The van der Waals surface area contributed by atoms with E-state index in [2.05, 4.69) is 40.2 Å². The summed E-state index contributed by atoms with van der Waals surface area (Å²) in [6.07, 6.45) is 3.54. The van der Waals surface area contributed by atoms with E-state index in [-0.39, 0.29) is 0 Å². The molecule has 0 spiro atoms. The van der Waals surface area contributed by atoms with Crippen molar-refractivity contribution < 1.29 is 0 Å². The van der Waals surface area contributed by atoms with E-state index in [0.717, 1.165) is 31.1 Å². The molecule has 1 N–H and O–H groups in total. The summed E-state index contributed by atoms with van der Waals surface area (Å²) in [6, 6.07) is 0. The molecule has 0 amide bonds. The highest BCUT2D eigenvalue weighted by Crippen LogP contribution is 2.21. The first kappa shape index (κ1) is 14.7. The fourth-order valence-corrected chi connectivity index (χ4v) is 2.42. The maximum Gasteiger partial charge on any atom is 0.0738 e. The Hall–Kier alpha value is -0.350. The van der Waals surface area contributed by atoms with Crippen molar-refractivity contribution in [1.29, 1.82) is 0 Å². The summed E-state index contributed by atoms with van der Waals surface area (Å²) >= 11 is 3.60. The van der Waals surface area contributed by atoms with E-state index in [1.807, 2.05) is 18.7 Å². The fraction of sp³-hybridized carbons (Fsp3) is 0.769. The van der Waals surface area contributed by atoms with Crippen LogP contribution in [0.25, 0.3) is 0 Å². The first-order chi connectivity index (χ1) is 8.02. The molecule has 0 aliphatic carbocycles. The number of halogens is 1. The lowest BCUT2D eigenvalue weighted by Crippen LogP contribution is -2.20. The van der Waals surface area contributed by atoms with Gasteiger partial charge in [-0.05, 0) is 61.1 Å². The van der Waals surface area contributed by atoms with Gasteiger partial charge < -0.3 is 5.32 Å². The minimum Gasteiger partial charge on any atom is -0.316 e. The topological polar surface area (TPSA) is 29.9 Å². The van der Waals surface area contributed by atoms with E-state index < -0.39 is 0 Å². The largest absolute Gasteiger partial charge is 0.316 e. The van der Waals surface area contributed by atoms with Gasteiger partial charge in [0.25, 0.3) is 0 Å². The van der Waals surface area contributed by atoms with Crippen LogP contribution in [-0.4, -0.2) is 22.9 Å². The zero-order valence-electron chi connectivity index (χ0n) is 11.4. The molecule has 1 aromatic rings. The average Bonchev–Trinajstić information content (AvgIpc) is 2.48. The lowest BCUT2D eigenvalue weighted by Gasteiger charge is -2.07. The molecule has 1 rings (SSSR count). The van der Waals surface area contributed by atoms with Crippen molar-refractivity contribution in [3.05, 3.63) is 15.9 Å². The van der Waals surface area contributed by atoms with E-state index in [0.29, 0.717) is 0 Å². The van der Waals surface area contributed by atoms with Crippen LogP contribution in [0.15, 0.2) is 4.47 Å². The van der Waals surface area contributed by atoms with Crippen LogP contribution in [0.3, 0.4) is 0 Å². The molecule has 1 aromatic heterocycles. The minimum absolute atomic E-state index is 0.740. The third-order valence-electron chi connectivity index (χ3n) is 2.83. The van der Waals surface area contributed by atoms with E-state index >= 15 is 0 Å². The number of rotatable bonds is 7. The highest BCUT2D eigenvalue weighted by Gasteiger charge is 2.09. The highest BCUT2D eigenvalue weighted by molar-refractivity contribution is 9.10. The van der Waals surface area contributed by atoms with Crippen LogP contribution in [0, 0.1) is 12.8 Å². The number of nitrogens with zero attached hydrogens (tertiary/aromatic N) is 2. The van der Waals surface area contributed by atoms with Crippen LogP contribution in [0.5, 0.6) is 0 Å². The minimum atomic E-state index is 0.740. The lowest BCUT2D eigenvalue weighted by atomic mass is 10.1. The predicted molar refractivity (Wildman–Crippen MR) is 76.3 cm³/mol. The zero-order valence-corrected chi connectivity index (χ0v) is 13.0. The lowest BCUT2D eigenvalue weighted by molar-refractivity contribution is 0.532. The van der Waals surface area contributed by atoms with Gasteiger partial charge in [-0.25, -0.2) is 0 Å². The average molecular weight is 302 g/mol. The van der Waals surface area contributed by atoms with Crippen LogP contribution in [-0.2, 0) is 13.5 Å². The van der Waals surface area contributed by atoms with Gasteiger partial charge in [-0.15, -0.1) is 0 Å². The van der Waals surface area contributed by atoms with Gasteiger partial charge in [0.05, 0.1) is 15.9 Å². The van der Waals surface area contributed by atoms with Crippen molar-refractivity contribution >= 4 is 15.9 Å². The van der Waals surface area contributed by atoms with Gasteiger partial charge >= 0.3 is 0 Å². The van der Waals surface area contributed by atoms with Crippen molar-refractivity contribution in [2.75, 3.05) is 13.1 Å². The summed E-state index contributed by atoms with van der Waals surface area (Å²) in [7, 11) is 2.02. The second kappa shape index (κ2) is 7.17. The summed E-state index contributed by atoms with van der Waals surface area (Å²) in [6.45, 7) is 8.75. The third-order valence-corrected chi connectivity index (χ3v) is 3.86. The maximum atomic E-state index is 4.40. The first-order valence-electron chi connectivity index (χ1n) is 6.41. The number of aryl methyl sites for hydroxylation is 2. The van der Waals surface area contributed by atoms with E-state index in [4.69, 9.17) is 0 Å². The third kappa shape index (κ3) is 4.80. The Labute approximate surface area is 113 Å². The second-order valence-electron chi connectivity index (χ2n) is 5.02. The fourth-order valence-electron chi connectivity index (χ4n) is 1.88. The van der Waals surface area contributed by atoms with Crippen LogP contribution >= 0.6 is 15.9 Å². The predicted octanol–water partition coefficient (Wildman–Crippen LogP) is 3.06. The number of aromatic nitrogens is 2. The first-order valence-corrected chi connectivity index (χ1v) is 7.20. The molecule has 0 saturated heterocycles. The van der Waals surface area contributed by atoms with E-state index in [1.165, 1.54) is 23.0 Å². The van der Waals surface area contributed by atoms with Gasteiger partial charge in [0.2, 0.25) is 0 Å². The molecule has 0 aromatic carbocycles. The molecule has 17 heavy (non-hydrogen) atoms. The molecular weight excluding hydrogens is 278 g/mol. The summed E-state index contributed by atoms with van der Waals surface area (Å²) in [5.74, 6) is 0.740. The van der Waals surface area contributed by atoms with Crippen LogP contribution in [0.2, 0.25) is 0 Å². The summed E-state index contributed by atoms with van der Waals surface area (Å²) in [5, 5.41) is 7.87. The number of hydrogen-bond acceptors (Lipinski definition) is 2. The molecule has 0 radical (unpaired) electrons. The smallest absolute Gasteiger partial charge is 0.0738 e. The van der Waals surface area contributed by atoms with Crippen LogP contribution in [0.1, 0.15) is 38.1 Å². The molecule has 0 fully saturated rings. The van der Waals surface area contributed by atoms with Gasteiger partial charge in [0, 0.05) is 7.05 Å². The zero-order chi connectivity index (χ0) is 12.8. The Bertz CT molecular complexity index is 345. The van der Waals surface area contributed by atoms with Gasteiger partial charge in [0.15, 0.2) is 0 Å². The molecule has 0 unspecified atom stereocenters. The Balaban J connectivity index is 2.22. The van der Waals surface area contributed by atoms with Crippen molar-refractivity contribution in [1.82, 2.24) is 15.1 Å². The van der Waals surface area contributed by atoms with Crippen molar-refractivity contribution in [3.8, 4) is 0 Å². The van der Waals surface area contributed by atoms with E-state index in [9.17, 15) is 0 Å². The number of unbranched alkanes of at least 4 members (excludes halogenated alkanes) is 1. The normalized spacial score (nSPS) is 11.4. The maximum absolute atomic E-state index is 4.40. The molecular formula is C13H24BrN3. The Kier molecular flexibility index (Phi) is 6.20. The molecule has 98 valence electrons. The molecule has 3 nitrogen and oxygen atoms in total. The molecule has 4 heteroatoms. The SMILES string of the molecule is Cc1nn(C)c(CCCCNCC(C)C)c1Br. The monoisotopic (exact) mass is 301 g/mol. The van der Waals surface area contributed by atoms with Gasteiger partial charge in [0.1, 0.15) is 0 Å². The Morgan fingerprint density at radius 3 is 2.59 bits per heavy atom. The summed E-state index contributed by atoms with van der Waals surface area (Å²) in [4.78, 5) is 0. The number of hydrogen-bond donors (Lipinski definition) is 1. The van der Waals surface area contributed by atoms with Crippen LogP contribution in [0.4, 0.5) is 0 Å². The quantitative estimate of drug-likeness (QED) is 0.785. The summed E-state index contributed by atoms with van der Waals surface area (Å²) < 4.78 is 3.16. The molecule has 1 heterocycles. The molecule has 0 atom stereocenters. The van der Waals surface area contributed by atoms with Gasteiger partial charge in [-0.2, -0.15) is 5.10 Å². The number of nitrogens with one attached hydrogen (secondary N) is 1. The standard InChI is InChI=1S/C13H24BrN3/c1-10(2)9-15-8-6-5-7-12-13(14)11(3)16-17(12)4/h10,15H,5-9H2,1-4H3. The van der Waals surface area contributed by atoms with E-state index in [1.54, 1.807) is 0 Å². The van der Waals surface area contributed by atoms with Crippen LogP contribution < -0.4 is 5.32 Å². The Morgan fingerprint density at radius 1 is 1.35 bits per heavy atom. The second-order valence-corrected chi connectivity index (χ2v) is 5.82. The van der Waals surface area contributed by atoms with Crippen molar-refractivity contribution in [2.24, 2.45) is 13.0 Å². The molecule has 0 bridgehead atoms. The van der Waals surface area contributed by atoms with Gasteiger partial charge in [-0.1, -0.05) is 13.8 Å². The molecule has 0 saturated carbocycles. The summed E-state index contributed by atoms with van der Waals surface area (Å²) in [5.41, 5.74) is 2.40. The molecule has 0 aliphatic rings. The van der Waals surface area contributed by atoms with Crippen molar-refractivity contribution in [3.63, 3.8) is 0 Å². The van der Waals surface area contributed by atoms with Gasteiger partial charge in [-0.3, -0.25) is 4.68 Å². The Morgan fingerprint density at radius 2 is 2.06 bits per heavy atom. The van der Waals surface area contributed by atoms with Crippen molar-refractivity contribution in [2.45, 2.75) is 40.0 Å². The highest BCUT2D eigenvalue weighted by atomic mass is 79.9.